The van der Waals surface area contributed by atoms with E-state index in [9.17, 15) is 0 Å². The van der Waals surface area contributed by atoms with Gasteiger partial charge >= 0.3 is 0 Å². The van der Waals surface area contributed by atoms with Gasteiger partial charge in [-0.05, 0) is 35.4 Å². The molecule has 1 fully saturated rings. The zero-order chi connectivity index (χ0) is 13.6. The highest BCUT2D eigenvalue weighted by Gasteiger charge is 2.49. The van der Waals surface area contributed by atoms with Crippen molar-refractivity contribution in [2.24, 2.45) is 17.1 Å². The molecule has 2 unspecified atom stereocenters. The molecular formula is C15H20BrNO2. The fraction of sp³-hybridized carbons (Fsp3) is 0.600. The SMILES string of the molecule is CC1(C)CC1C(N)c1cc2c(cc1Br)OCCCO2. The maximum Gasteiger partial charge on any atom is 0.162 e. The molecule has 2 N–H and O–H groups in total. The van der Waals surface area contributed by atoms with Gasteiger partial charge < -0.3 is 15.2 Å². The molecule has 2 atom stereocenters. The van der Waals surface area contributed by atoms with E-state index in [2.05, 4.69) is 29.8 Å². The molecule has 0 spiro atoms. The van der Waals surface area contributed by atoms with Gasteiger partial charge in [-0.15, -0.1) is 0 Å². The number of hydrogen-bond donors (Lipinski definition) is 1. The van der Waals surface area contributed by atoms with Crippen LogP contribution < -0.4 is 15.2 Å². The van der Waals surface area contributed by atoms with Crippen molar-refractivity contribution in [3.63, 3.8) is 0 Å². The average Bonchev–Trinajstić information content (AvgIpc) is 3.04. The highest BCUT2D eigenvalue weighted by molar-refractivity contribution is 9.10. The molecule has 0 aromatic heterocycles. The number of benzene rings is 1. The Kier molecular flexibility index (Phi) is 3.26. The molecule has 3 rings (SSSR count). The molecule has 0 saturated heterocycles. The van der Waals surface area contributed by atoms with Gasteiger partial charge in [-0.1, -0.05) is 29.8 Å². The first-order chi connectivity index (χ1) is 8.99. The van der Waals surface area contributed by atoms with E-state index < -0.39 is 0 Å². The fourth-order valence-electron chi connectivity index (χ4n) is 2.79. The molecule has 1 aromatic carbocycles. The van der Waals surface area contributed by atoms with Crippen molar-refractivity contribution in [1.82, 2.24) is 0 Å². The summed E-state index contributed by atoms with van der Waals surface area (Å²) >= 11 is 3.62. The summed E-state index contributed by atoms with van der Waals surface area (Å²) in [6.07, 6.45) is 2.11. The van der Waals surface area contributed by atoms with Gasteiger partial charge in [-0.25, -0.2) is 0 Å². The summed E-state index contributed by atoms with van der Waals surface area (Å²) in [5.74, 6) is 2.19. The van der Waals surface area contributed by atoms with Crippen LogP contribution in [0.1, 0.15) is 38.3 Å². The van der Waals surface area contributed by atoms with Crippen molar-refractivity contribution in [1.29, 1.82) is 0 Å². The third-order valence-corrected chi connectivity index (χ3v) is 4.94. The minimum absolute atomic E-state index is 0.0570. The van der Waals surface area contributed by atoms with Crippen LogP contribution in [0.4, 0.5) is 0 Å². The third-order valence-electron chi connectivity index (χ3n) is 4.25. The van der Waals surface area contributed by atoms with Gasteiger partial charge in [-0.3, -0.25) is 0 Å². The fourth-order valence-corrected chi connectivity index (χ4v) is 3.38. The molecule has 2 aliphatic rings. The van der Waals surface area contributed by atoms with Crippen molar-refractivity contribution in [2.75, 3.05) is 13.2 Å². The minimum atomic E-state index is 0.0570. The number of hydrogen-bond acceptors (Lipinski definition) is 3. The molecule has 0 bridgehead atoms. The van der Waals surface area contributed by atoms with Crippen molar-refractivity contribution in [2.45, 2.75) is 32.7 Å². The predicted octanol–water partition coefficient (Wildman–Crippen LogP) is 3.66. The zero-order valence-corrected chi connectivity index (χ0v) is 13.0. The van der Waals surface area contributed by atoms with Gasteiger partial charge in [0.1, 0.15) is 0 Å². The van der Waals surface area contributed by atoms with Gasteiger partial charge in [0.2, 0.25) is 0 Å². The molecular weight excluding hydrogens is 306 g/mol. The second-order valence-electron chi connectivity index (χ2n) is 6.20. The molecule has 0 radical (unpaired) electrons. The van der Waals surface area contributed by atoms with Crippen molar-refractivity contribution in [3.05, 3.63) is 22.2 Å². The smallest absolute Gasteiger partial charge is 0.162 e. The van der Waals surface area contributed by atoms with Crippen LogP contribution in [-0.2, 0) is 0 Å². The van der Waals surface area contributed by atoms with Gasteiger partial charge in [0.05, 0.1) is 13.2 Å². The summed E-state index contributed by atoms with van der Waals surface area (Å²) in [6, 6.07) is 4.09. The van der Waals surface area contributed by atoms with E-state index in [0.717, 1.165) is 28.0 Å². The summed E-state index contributed by atoms with van der Waals surface area (Å²) in [5.41, 5.74) is 7.91. The number of fused-ring (bicyclic) bond motifs is 1. The average molecular weight is 326 g/mol. The molecule has 4 heteroatoms. The number of halogens is 1. The van der Waals surface area contributed by atoms with Crippen LogP contribution in [0.2, 0.25) is 0 Å². The predicted molar refractivity (Wildman–Crippen MR) is 78.6 cm³/mol. The maximum absolute atomic E-state index is 6.42. The largest absolute Gasteiger partial charge is 0.490 e. The summed E-state index contributed by atoms with van der Waals surface area (Å²) in [4.78, 5) is 0. The Morgan fingerprint density at radius 1 is 1.26 bits per heavy atom. The van der Waals surface area contributed by atoms with E-state index in [1.54, 1.807) is 0 Å². The summed E-state index contributed by atoms with van der Waals surface area (Å²) in [6.45, 7) is 5.96. The highest BCUT2D eigenvalue weighted by atomic mass is 79.9. The van der Waals surface area contributed by atoms with Gasteiger partial charge in [0, 0.05) is 16.9 Å². The normalized spacial score (nSPS) is 25.6. The highest BCUT2D eigenvalue weighted by Crippen LogP contribution is 2.58. The lowest BCUT2D eigenvalue weighted by atomic mass is 9.97. The van der Waals surface area contributed by atoms with Crippen LogP contribution in [0.3, 0.4) is 0 Å². The number of ether oxygens (including phenoxy) is 2. The van der Waals surface area contributed by atoms with Crippen molar-refractivity contribution >= 4 is 15.9 Å². The molecule has 1 heterocycles. The standard InChI is InChI=1S/C15H20BrNO2/c1-15(2)8-10(15)14(17)9-6-12-13(7-11(9)16)19-5-3-4-18-12/h6-7,10,14H,3-5,8,17H2,1-2H3. The monoisotopic (exact) mass is 325 g/mol. The summed E-state index contributed by atoms with van der Waals surface area (Å²) < 4.78 is 12.5. The molecule has 1 saturated carbocycles. The molecule has 0 amide bonds. The van der Waals surface area contributed by atoms with Gasteiger partial charge in [-0.2, -0.15) is 0 Å². The Morgan fingerprint density at radius 3 is 2.42 bits per heavy atom. The molecule has 1 aliphatic heterocycles. The Balaban J connectivity index is 1.92. The van der Waals surface area contributed by atoms with Gasteiger partial charge in [0.15, 0.2) is 11.5 Å². The Labute approximate surface area is 122 Å². The quantitative estimate of drug-likeness (QED) is 0.902. The second kappa shape index (κ2) is 4.67. The van der Waals surface area contributed by atoms with E-state index in [-0.39, 0.29) is 6.04 Å². The van der Waals surface area contributed by atoms with E-state index in [4.69, 9.17) is 15.2 Å². The van der Waals surface area contributed by atoms with Crippen LogP contribution in [0.15, 0.2) is 16.6 Å². The lowest BCUT2D eigenvalue weighted by Gasteiger charge is -2.18. The van der Waals surface area contributed by atoms with E-state index in [1.807, 2.05) is 12.1 Å². The molecule has 1 aliphatic carbocycles. The number of rotatable bonds is 2. The topological polar surface area (TPSA) is 44.5 Å². The second-order valence-corrected chi connectivity index (χ2v) is 7.05. The first-order valence-electron chi connectivity index (χ1n) is 6.84. The third kappa shape index (κ3) is 2.48. The molecule has 1 aromatic rings. The van der Waals surface area contributed by atoms with E-state index >= 15 is 0 Å². The Bertz CT molecular complexity index is 501. The molecule has 3 nitrogen and oxygen atoms in total. The van der Waals surface area contributed by atoms with Crippen LogP contribution in [0, 0.1) is 11.3 Å². The Morgan fingerprint density at radius 2 is 1.84 bits per heavy atom. The Hall–Kier alpha value is -0.740. The summed E-state index contributed by atoms with van der Waals surface area (Å²) in [5, 5.41) is 0. The zero-order valence-electron chi connectivity index (χ0n) is 11.4. The van der Waals surface area contributed by atoms with E-state index in [0.29, 0.717) is 24.5 Å². The minimum Gasteiger partial charge on any atom is -0.490 e. The summed E-state index contributed by atoms with van der Waals surface area (Å²) in [7, 11) is 0. The van der Waals surface area contributed by atoms with Crippen LogP contribution in [0.5, 0.6) is 11.5 Å². The van der Waals surface area contributed by atoms with Crippen LogP contribution in [-0.4, -0.2) is 13.2 Å². The molecule has 19 heavy (non-hydrogen) atoms. The van der Waals surface area contributed by atoms with Gasteiger partial charge in [0.25, 0.3) is 0 Å². The molecule has 104 valence electrons. The maximum atomic E-state index is 6.42. The van der Waals surface area contributed by atoms with Crippen molar-refractivity contribution < 1.29 is 9.47 Å². The van der Waals surface area contributed by atoms with Crippen LogP contribution >= 0.6 is 15.9 Å². The first-order valence-corrected chi connectivity index (χ1v) is 7.63. The number of nitrogens with two attached hydrogens (primary N) is 1. The lowest BCUT2D eigenvalue weighted by Crippen LogP contribution is -2.16. The lowest BCUT2D eigenvalue weighted by molar-refractivity contribution is 0.297. The van der Waals surface area contributed by atoms with E-state index in [1.165, 1.54) is 6.42 Å². The van der Waals surface area contributed by atoms with Crippen molar-refractivity contribution in [3.8, 4) is 11.5 Å². The first kappa shape index (κ1) is 13.3. The van der Waals surface area contributed by atoms with Crippen LogP contribution in [0.25, 0.3) is 0 Å².